The van der Waals surface area contributed by atoms with E-state index in [1.807, 2.05) is 0 Å². The highest BCUT2D eigenvalue weighted by molar-refractivity contribution is 5.98. The number of carbonyl (C=O) groups is 2. The Bertz CT molecular complexity index is 1180. The summed E-state index contributed by atoms with van der Waals surface area (Å²) in [4.78, 5) is 25.2. The van der Waals surface area contributed by atoms with Gasteiger partial charge >= 0.3 is 5.97 Å². The van der Waals surface area contributed by atoms with E-state index in [4.69, 9.17) is 23.7 Å². The van der Waals surface area contributed by atoms with Crippen molar-refractivity contribution in [2.24, 2.45) is 5.10 Å². The number of esters is 1. The highest BCUT2D eigenvalue weighted by Crippen LogP contribution is 2.38. The zero-order valence-electron chi connectivity index (χ0n) is 19.2. The van der Waals surface area contributed by atoms with Crippen molar-refractivity contribution in [3.05, 3.63) is 77.4 Å². The second-order valence-electron chi connectivity index (χ2n) is 6.74. The van der Waals surface area contributed by atoms with E-state index in [-0.39, 0.29) is 11.3 Å². The summed E-state index contributed by atoms with van der Waals surface area (Å²) in [5, 5.41) is 3.98. The van der Waals surface area contributed by atoms with Crippen LogP contribution in [-0.4, -0.2) is 46.5 Å². The van der Waals surface area contributed by atoms with Crippen molar-refractivity contribution in [3.8, 4) is 28.7 Å². The van der Waals surface area contributed by atoms with E-state index in [0.717, 1.165) is 0 Å². The molecular formula is C25H24N2O7. The van der Waals surface area contributed by atoms with Crippen molar-refractivity contribution in [3.63, 3.8) is 0 Å². The quantitative estimate of drug-likeness (QED) is 0.223. The summed E-state index contributed by atoms with van der Waals surface area (Å²) in [5.74, 6) is 0.593. The van der Waals surface area contributed by atoms with Crippen LogP contribution in [0.2, 0.25) is 0 Å². The SMILES string of the molecule is COc1ccccc1C(=O)N/N=C\c1ccccc1OC(=O)c1cc(OC)c(OC)c(OC)c1. The molecule has 3 rings (SSSR count). The molecule has 0 spiro atoms. The maximum atomic E-state index is 12.8. The zero-order valence-corrected chi connectivity index (χ0v) is 19.2. The maximum absolute atomic E-state index is 12.8. The third-order valence-electron chi connectivity index (χ3n) is 4.74. The Kier molecular flexibility index (Phi) is 8.07. The molecule has 0 aliphatic rings. The molecular weight excluding hydrogens is 440 g/mol. The summed E-state index contributed by atoms with van der Waals surface area (Å²) < 4.78 is 26.6. The van der Waals surface area contributed by atoms with Crippen molar-refractivity contribution in [2.45, 2.75) is 0 Å². The van der Waals surface area contributed by atoms with E-state index in [1.165, 1.54) is 46.8 Å². The number of rotatable bonds is 9. The largest absolute Gasteiger partial charge is 0.496 e. The van der Waals surface area contributed by atoms with Crippen LogP contribution in [0.5, 0.6) is 28.7 Å². The second-order valence-corrected chi connectivity index (χ2v) is 6.74. The summed E-state index contributed by atoms with van der Waals surface area (Å²) in [7, 11) is 5.86. The van der Waals surface area contributed by atoms with Gasteiger partial charge < -0.3 is 23.7 Å². The standard InChI is InChI=1S/C25H24N2O7/c1-30-20-12-8-6-10-18(20)24(28)27-26-15-16-9-5-7-11-19(16)34-25(29)17-13-21(31-2)23(33-4)22(14-17)32-3/h5-15H,1-4H3,(H,27,28)/b26-15-. The van der Waals surface area contributed by atoms with Crippen LogP contribution in [-0.2, 0) is 0 Å². The molecule has 3 aromatic rings. The number of para-hydroxylation sites is 2. The van der Waals surface area contributed by atoms with Gasteiger partial charge in [-0.2, -0.15) is 5.10 Å². The van der Waals surface area contributed by atoms with Crippen LogP contribution < -0.4 is 29.1 Å². The molecule has 0 bridgehead atoms. The molecule has 0 unspecified atom stereocenters. The third-order valence-corrected chi connectivity index (χ3v) is 4.74. The van der Waals surface area contributed by atoms with E-state index < -0.39 is 11.9 Å². The molecule has 34 heavy (non-hydrogen) atoms. The molecule has 0 radical (unpaired) electrons. The van der Waals surface area contributed by atoms with Gasteiger partial charge in [-0.05, 0) is 36.4 Å². The van der Waals surface area contributed by atoms with E-state index in [9.17, 15) is 9.59 Å². The Labute approximate surface area is 196 Å². The number of benzene rings is 3. The van der Waals surface area contributed by atoms with E-state index >= 15 is 0 Å². The number of methoxy groups -OCH3 is 4. The summed E-state index contributed by atoms with van der Waals surface area (Å²) in [6, 6.07) is 16.5. The van der Waals surface area contributed by atoms with Gasteiger partial charge in [0, 0.05) is 5.56 Å². The first-order valence-electron chi connectivity index (χ1n) is 10.1. The number of hydrazone groups is 1. The Morgan fingerprint density at radius 3 is 1.97 bits per heavy atom. The fourth-order valence-corrected chi connectivity index (χ4v) is 3.09. The molecule has 0 aromatic heterocycles. The lowest BCUT2D eigenvalue weighted by atomic mass is 10.1. The fourth-order valence-electron chi connectivity index (χ4n) is 3.09. The summed E-state index contributed by atoms with van der Waals surface area (Å²) >= 11 is 0. The van der Waals surface area contributed by atoms with Crippen molar-refractivity contribution < 1.29 is 33.3 Å². The third kappa shape index (κ3) is 5.44. The molecule has 1 amide bonds. The van der Waals surface area contributed by atoms with Crippen molar-refractivity contribution in [2.75, 3.05) is 28.4 Å². The van der Waals surface area contributed by atoms with Crippen LogP contribution in [0, 0.1) is 0 Å². The van der Waals surface area contributed by atoms with E-state index in [1.54, 1.807) is 48.5 Å². The predicted octanol–water partition coefficient (Wildman–Crippen LogP) is 3.70. The molecule has 1 N–H and O–H groups in total. The van der Waals surface area contributed by atoms with Gasteiger partial charge in [0.15, 0.2) is 11.5 Å². The lowest BCUT2D eigenvalue weighted by Gasteiger charge is -2.14. The topological polar surface area (TPSA) is 105 Å². The first kappa shape index (κ1) is 24.1. The van der Waals surface area contributed by atoms with Crippen molar-refractivity contribution >= 4 is 18.1 Å². The Morgan fingerprint density at radius 2 is 1.35 bits per heavy atom. The lowest BCUT2D eigenvalue weighted by molar-refractivity contribution is 0.0733. The van der Waals surface area contributed by atoms with E-state index in [0.29, 0.717) is 34.1 Å². The number of nitrogens with zero attached hydrogens (tertiary/aromatic N) is 1. The predicted molar refractivity (Wildman–Crippen MR) is 126 cm³/mol. The number of carbonyl (C=O) groups excluding carboxylic acids is 2. The van der Waals surface area contributed by atoms with Crippen LogP contribution in [0.1, 0.15) is 26.3 Å². The molecule has 0 heterocycles. The summed E-state index contributed by atoms with van der Waals surface area (Å²) in [5.41, 5.74) is 3.45. The van der Waals surface area contributed by atoms with Gasteiger partial charge in [-0.15, -0.1) is 0 Å². The van der Waals surface area contributed by atoms with Gasteiger partial charge in [0.05, 0.1) is 45.8 Å². The van der Waals surface area contributed by atoms with Gasteiger partial charge in [-0.25, -0.2) is 10.2 Å². The van der Waals surface area contributed by atoms with Gasteiger partial charge in [0.1, 0.15) is 11.5 Å². The molecule has 0 saturated carbocycles. The van der Waals surface area contributed by atoms with Crippen LogP contribution in [0.4, 0.5) is 0 Å². The number of amides is 1. The molecule has 0 atom stereocenters. The van der Waals surface area contributed by atoms with Crippen molar-refractivity contribution in [1.82, 2.24) is 5.43 Å². The summed E-state index contributed by atoms with van der Waals surface area (Å²) in [6.07, 6.45) is 1.38. The molecule has 176 valence electrons. The maximum Gasteiger partial charge on any atom is 0.343 e. The highest BCUT2D eigenvalue weighted by Gasteiger charge is 2.19. The highest BCUT2D eigenvalue weighted by atomic mass is 16.5. The van der Waals surface area contributed by atoms with Gasteiger partial charge in [0.25, 0.3) is 5.91 Å². The molecule has 9 nitrogen and oxygen atoms in total. The monoisotopic (exact) mass is 464 g/mol. The molecule has 3 aromatic carbocycles. The smallest absolute Gasteiger partial charge is 0.343 e. The lowest BCUT2D eigenvalue weighted by Crippen LogP contribution is -2.18. The van der Waals surface area contributed by atoms with Crippen LogP contribution in [0.15, 0.2) is 65.8 Å². The van der Waals surface area contributed by atoms with Gasteiger partial charge in [0.2, 0.25) is 5.75 Å². The Hall–Kier alpha value is -4.53. The molecule has 9 heteroatoms. The second kappa shape index (κ2) is 11.4. The fraction of sp³-hybridized carbons (Fsp3) is 0.160. The van der Waals surface area contributed by atoms with Crippen LogP contribution in [0.3, 0.4) is 0 Å². The van der Waals surface area contributed by atoms with Crippen LogP contribution >= 0.6 is 0 Å². The first-order valence-corrected chi connectivity index (χ1v) is 10.1. The van der Waals surface area contributed by atoms with Crippen LogP contribution in [0.25, 0.3) is 0 Å². The molecule has 0 aliphatic heterocycles. The minimum atomic E-state index is -0.641. The van der Waals surface area contributed by atoms with Crippen molar-refractivity contribution in [1.29, 1.82) is 0 Å². The normalized spacial score (nSPS) is 10.5. The number of nitrogens with one attached hydrogen (secondary N) is 1. The molecule has 0 fully saturated rings. The Morgan fingerprint density at radius 1 is 0.765 bits per heavy atom. The molecule has 0 aliphatic carbocycles. The first-order chi connectivity index (χ1) is 16.5. The Balaban J connectivity index is 1.78. The van der Waals surface area contributed by atoms with Gasteiger partial charge in [-0.3, -0.25) is 4.79 Å². The molecule has 0 saturated heterocycles. The average molecular weight is 464 g/mol. The van der Waals surface area contributed by atoms with Gasteiger partial charge in [-0.1, -0.05) is 24.3 Å². The number of hydrogen-bond donors (Lipinski definition) is 1. The zero-order chi connectivity index (χ0) is 24.5. The average Bonchev–Trinajstić information content (AvgIpc) is 2.88. The van der Waals surface area contributed by atoms with E-state index in [2.05, 4.69) is 10.5 Å². The number of ether oxygens (including phenoxy) is 5. The summed E-state index contributed by atoms with van der Waals surface area (Å²) in [6.45, 7) is 0. The minimum Gasteiger partial charge on any atom is -0.496 e. The number of hydrogen-bond acceptors (Lipinski definition) is 8. The minimum absolute atomic E-state index is 0.200.